The number of ketones is 1. The van der Waals surface area contributed by atoms with E-state index in [1.54, 1.807) is 31.2 Å². The van der Waals surface area contributed by atoms with E-state index in [0.717, 1.165) is 16.5 Å². The Balaban J connectivity index is 1.42. The lowest BCUT2D eigenvalue weighted by atomic mass is 10.1. The van der Waals surface area contributed by atoms with Crippen LogP contribution < -0.4 is 5.32 Å². The number of aromatic amines is 1. The Kier molecular flexibility index (Phi) is 5.18. The number of H-pyrrole nitrogens is 1. The van der Waals surface area contributed by atoms with Gasteiger partial charge in [0.2, 0.25) is 5.91 Å². The number of amides is 1. The quantitative estimate of drug-likeness (QED) is 0.360. The lowest BCUT2D eigenvalue weighted by Crippen LogP contribution is -2.22. The molecule has 0 spiro atoms. The van der Waals surface area contributed by atoms with E-state index in [9.17, 15) is 9.59 Å². The van der Waals surface area contributed by atoms with Gasteiger partial charge in [-0.05, 0) is 44.2 Å². The highest BCUT2D eigenvalue weighted by atomic mass is 32.2. The molecule has 8 heteroatoms. The van der Waals surface area contributed by atoms with E-state index < -0.39 is 5.25 Å². The maximum absolute atomic E-state index is 12.5. The van der Waals surface area contributed by atoms with Gasteiger partial charge in [-0.1, -0.05) is 30.0 Å². The van der Waals surface area contributed by atoms with Crippen LogP contribution >= 0.6 is 11.8 Å². The molecule has 1 amide bonds. The lowest BCUT2D eigenvalue weighted by molar-refractivity contribution is -0.115. The summed E-state index contributed by atoms with van der Waals surface area (Å²) in [6.45, 7) is 3.26. The second kappa shape index (κ2) is 7.92. The van der Waals surface area contributed by atoms with Gasteiger partial charge in [0.25, 0.3) is 11.1 Å². The van der Waals surface area contributed by atoms with Crippen molar-refractivity contribution in [2.75, 3.05) is 5.32 Å². The minimum absolute atomic E-state index is 0.0193. The fourth-order valence-electron chi connectivity index (χ4n) is 2.85. The number of hydrogen-bond acceptors (Lipinski definition) is 6. The minimum Gasteiger partial charge on any atom is -0.411 e. The summed E-state index contributed by atoms with van der Waals surface area (Å²) in [7, 11) is 0. The molecule has 7 nitrogen and oxygen atoms in total. The first kappa shape index (κ1) is 18.9. The Morgan fingerprint density at radius 1 is 1.10 bits per heavy atom. The molecule has 0 fully saturated rings. The van der Waals surface area contributed by atoms with Gasteiger partial charge in [-0.25, -0.2) is 0 Å². The van der Waals surface area contributed by atoms with Crippen LogP contribution in [0, 0.1) is 0 Å². The number of para-hydroxylation sites is 1. The van der Waals surface area contributed by atoms with E-state index in [-0.39, 0.29) is 11.7 Å². The third-order valence-corrected chi connectivity index (χ3v) is 5.37. The number of nitrogens with zero attached hydrogens (tertiary/aromatic N) is 2. The standard InChI is InChI=1S/C21H18N4O3S/c1-12(26)14-7-9-15(10-8-14)23-19(27)13(2)29-21-25-24-20(28-21)17-11-22-18-6-4-3-5-16(17)18/h3-11,13,22H,1-2H3,(H,23,27)/t13-/m1/s1. The minimum atomic E-state index is -0.446. The SMILES string of the molecule is CC(=O)c1ccc(NC(=O)[C@@H](C)Sc2nnc(-c3c[nH]c4ccccc34)o2)cc1. The Hall–Kier alpha value is -3.39. The van der Waals surface area contributed by atoms with Gasteiger partial charge in [0, 0.05) is 28.4 Å². The zero-order valence-electron chi connectivity index (χ0n) is 15.8. The molecular weight excluding hydrogens is 388 g/mol. The highest BCUT2D eigenvalue weighted by Crippen LogP contribution is 2.31. The Morgan fingerprint density at radius 3 is 2.62 bits per heavy atom. The van der Waals surface area contributed by atoms with Crippen LogP contribution in [0.3, 0.4) is 0 Å². The van der Waals surface area contributed by atoms with E-state index in [1.807, 2.05) is 30.5 Å². The van der Waals surface area contributed by atoms with Crippen molar-refractivity contribution in [1.29, 1.82) is 0 Å². The highest BCUT2D eigenvalue weighted by molar-refractivity contribution is 8.00. The normalized spacial score (nSPS) is 12.1. The van der Waals surface area contributed by atoms with Gasteiger partial charge >= 0.3 is 0 Å². The number of nitrogens with one attached hydrogen (secondary N) is 2. The van der Waals surface area contributed by atoms with Crippen LogP contribution in [0.2, 0.25) is 0 Å². The summed E-state index contributed by atoms with van der Waals surface area (Å²) in [6.07, 6.45) is 1.83. The predicted octanol–water partition coefficient (Wildman–Crippen LogP) is 4.54. The Bertz CT molecular complexity index is 1180. The Morgan fingerprint density at radius 2 is 1.86 bits per heavy atom. The molecule has 4 rings (SSSR count). The third-order valence-electron chi connectivity index (χ3n) is 4.43. The maximum atomic E-state index is 12.5. The van der Waals surface area contributed by atoms with E-state index in [2.05, 4.69) is 20.5 Å². The number of hydrogen-bond donors (Lipinski definition) is 2. The number of benzene rings is 2. The Labute approximate surface area is 170 Å². The fraction of sp³-hybridized carbons (Fsp3) is 0.143. The maximum Gasteiger partial charge on any atom is 0.277 e. The van der Waals surface area contributed by atoms with Crippen molar-refractivity contribution >= 4 is 40.0 Å². The average Bonchev–Trinajstić information content (AvgIpc) is 3.35. The number of anilines is 1. The van der Waals surface area contributed by atoms with Crippen molar-refractivity contribution in [3.05, 3.63) is 60.3 Å². The number of Topliss-reactive ketones (excluding diaryl/α,β-unsaturated/α-hetero) is 1. The van der Waals surface area contributed by atoms with Crippen molar-refractivity contribution in [2.24, 2.45) is 0 Å². The van der Waals surface area contributed by atoms with Crippen molar-refractivity contribution in [2.45, 2.75) is 24.3 Å². The zero-order chi connectivity index (χ0) is 20.4. The topological polar surface area (TPSA) is 101 Å². The van der Waals surface area contributed by atoms with Gasteiger partial charge in [-0.15, -0.1) is 10.2 Å². The van der Waals surface area contributed by atoms with E-state index >= 15 is 0 Å². The van der Waals surface area contributed by atoms with Gasteiger partial charge in [-0.2, -0.15) is 0 Å². The van der Waals surface area contributed by atoms with Crippen LogP contribution in [0.15, 0.2) is 64.4 Å². The first-order valence-corrected chi connectivity index (χ1v) is 9.88. The van der Waals surface area contributed by atoms with Crippen molar-refractivity contribution < 1.29 is 14.0 Å². The summed E-state index contributed by atoms with van der Waals surface area (Å²) in [5, 5.41) is 11.9. The third kappa shape index (κ3) is 4.07. The molecule has 2 heterocycles. The van der Waals surface area contributed by atoms with Crippen LogP contribution in [-0.4, -0.2) is 32.1 Å². The number of fused-ring (bicyclic) bond motifs is 1. The molecule has 0 saturated heterocycles. The monoisotopic (exact) mass is 406 g/mol. The molecular formula is C21H18N4O3S. The van der Waals surface area contributed by atoms with Crippen molar-refractivity contribution in [1.82, 2.24) is 15.2 Å². The molecule has 0 aliphatic carbocycles. The molecule has 0 aliphatic rings. The highest BCUT2D eigenvalue weighted by Gasteiger charge is 2.20. The second-order valence-electron chi connectivity index (χ2n) is 6.50. The number of carbonyl (C=O) groups excluding carboxylic acids is 2. The lowest BCUT2D eigenvalue weighted by Gasteiger charge is -2.10. The molecule has 2 N–H and O–H groups in total. The predicted molar refractivity (Wildman–Crippen MR) is 112 cm³/mol. The molecule has 0 unspecified atom stereocenters. The van der Waals surface area contributed by atoms with E-state index in [1.165, 1.54) is 18.7 Å². The molecule has 0 radical (unpaired) electrons. The molecule has 2 aromatic carbocycles. The van der Waals surface area contributed by atoms with Gasteiger partial charge in [0.05, 0.1) is 10.8 Å². The summed E-state index contributed by atoms with van der Waals surface area (Å²) in [5.74, 6) is 0.184. The average molecular weight is 406 g/mol. The summed E-state index contributed by atoms with van der Waals surface area (Å²) in [4.78, 5) is 27.0. The summed E-state index contributed by atoms with van der Waals surface area (Å²) in [5.41, 5.74) is 3.03. The smallest absolute Gasteiger partial charge is 0.277 e. The molecule has 0 bridgehead atoms. The second-order valence-corrected chi connectivity index (χ2v) is 7.80. The molecule has 4 aromatic rings. The molecule has 2 aromatic heterocycles. The van der Waals surface area contributed by atoms with Crippen molar-refractivity contribution in [3.63, 3.8) is 0 Å². The van der Waals surface area contributed by atoms with Gasteiger partial charge < -0.3 is 14.7 Å². The summed E-state index contributed by atoms with van der Waals surface area (Å²) in [6, 6.07) is 14.6. The van der Waals surface area contributed by atoms with Crippen LogP contribution in [0.1, 0.15) is 24.2 Å². The zero-order valence-corrected chi connectivity index (χ0v) is 16.6. The first-order chi connectivity index (χ1) is 14.0. The molecule has 0 aliphatic heterocycles. The van der Waals surface area contributed by atoms with Gasteiger partial charge in [0.1, 0.15) is 0 Å². The molecule has 29 heavy (non-hydrogen) atoms. The van der Waals surface area contributed by atoms with E-state index in [4.69, 9.17) is 4.42 Å². The van der Waals surface area contributed by atoms with Crippen LogP contribution in [-0.2, 0) is 4.79 Å². The molecule has 0 saturated carbocycles. The number of aromatic nitrogens is 3. The van der Waals surface area contributed by atoms with Crippen molar-refractivity contribution in [3.8, 4) is 11.5 Å². The number of thioether (sulfide) groups is 1. The van der Waals surface area contributed by atoms with E-state index in [0.29, 0.717) is 22.4 Å². The molecule has 1 atom stereocenters. The van der Waals surface area contributed by atoms with Gasteiger partial charge in [-0.3, -0.25) is 9.59 Å². The molecule has 146 valence electrons. The first-order valence-electron chi connectivity index (χ1n) is 9.00. The fourth-order valence-corrected chi connectivity index (χ4v) is 3.54. The summed E-state index contributed by atoms with van der Waals surface area (Å²) >= 11 is 1.19. The largest absolute Gasteiger partial charge is 0.411 e. The van der Waals surface area contributed by atoms with Crippen LogP contribution in [0.5, 0.6) is 0 Å². The van der Waals surface area contributed by atoms with Crippen LogP contribution in [0.25, 0.3) is 22.4 Å². The van der Waals surface area contributed by atoms with Gasteiger partial charge in [0.15, 0.2) is 5.78 Å². The van der Waals surface area contributed by atoms with Crippen LogP contribution in [0.4, 0.5) is 5.69 Å². The number of rotatable bonds is 6. The summed E-state index contributed by atoms with van der Waals surface area (Å²) < 4.78 is 5.75. The number of carbonyl (C=O) groups is 2.